The van der Waals surface area contributed by atoms with Crippen LogP contribution in [0.25, 0.3) is 0 Å². The van der Waals surface area contributed by atoms with Crippen molar-refractivity contribution in [2.24, 2.45) is 5.73 Å². The Labute approximate surface area is 152 Å². The summed E-state index contributed by atoms with van der Waals surface area (Å²) in [4.78, 5) is 40.6. The van der Waals surface area contributed by atoms with Gasteiger partial charge in [0.15, 0.2) is 5.16 Å². The number of thioether (sulfide) groups is 2. The Morgan fingerprint density at radius 2 is 2.24 bits per heavy atom. The van der Waals surface area contributed by atoms with Crippen LogP contribution in [-0.4, -0.2) is 54.4 Å². The van der Waals surface area contributed by atoms with E-state index in [0.717, 1.165) is 5.69 Å². The summed E-state index contributed by atoms with van der Waals surface area (Å²) < 4.78 is 1.90. The molecular weight excluding hydrogens is 364 g/mol. The Bertz CT molecular complexity index is 835. The van der Waals surface area contributed by atoms with Crippen LogP contribution in [-0.2, 0) is 16.1 Å². The topological polar surface area (TPSA) is 119 Å². The highest BCUT2D eigenvalue weighted by atomic mass is 32.2. The first-order chi connectivity index (χ1) is 11.8. The maximum absolute atomic E-state index is 11.9. The number of carbonyl (C=O) groups is 2. The number of aliphatic carboxylic acids is 1. The van der Waals surface area contributed by atoms with Gasteiger partial charge < -0.3 is 15.4 Å². The third kappa shape index (κ3) is 3.09. The number of carboxylic acids is 1. The van der Waals surface area contributed by atoms with Gasteiger partial charge in [-0.3, -0.25) is 14.5 Å². The molecule has 3 heterocycles. The number of carbonyl (C=O) groups excluding carboxylic acids is 1. The monoisotopic (exact) mass is 382 g/mol. The predicted molar refractivity (Wildman–Crippen MR) is 95.4 cm³/mol. The average Bonchev–Trinajstić information content (AvgIpc) is 2.57. The van der Waals surface area contributed by atoms with Crippen molar-refractivity contribution in [3.63, 3.8) is 0 Å². The first-order valence-electron chi connectivity index (χ1n) is 7.72. The SMILES string of the molecule is CCn1c(C)cc(=O)nc1SCC1=C(C(=O)O)N2C(=O)C(N)[C@H]2SC1. The van der Waals surface area contributed by atoms with Crippen molar-refractivity contribution in [2.45, 2.75) is 37.0 Å². The van der Waals surface area contributed by atoms with E-state index in [-0.39, 0.29) is 22.5 Å². The Hall–Kier alpha value is -1.78. The highest BCUT2D eigenvalue weighted by Gasteiger charge is 2.51. The maximum atomic E-state index is 11.9. The molecule has 1 saturated heterocycles. The molecule has 0 saturated carbocycles. The van der Waals surface area contributed by atoms with E-state index in [4.69, 9.17) is 5.73 Å². The fourth-order valence-corrected chi connectivity index (χ4v) is 5.48. The molecule has 25 heavy (non-hydrogen) atoms. The number of aryl methyl sites for hydroxylation is 1. The Kier molecular flexibility index (Phi) is 4.94. The van der Waals surface area contributed by atoms with Crippen LogP contribution >= 0.6 is 23.5 Å². The van der Waals surface area contributed by atoms with Gasteiger partial charge in [0.2, 0.25) is 5.91 Å². The van der Waals surface area contributed by atoms with E-state index in [1.807, 2.05) is 18.4 Å². The van der Waals surface area contributed by atoms with E-state index in [0.29, 0.717) is 28.8 Å². The van der Waals surface area contributed by atoms with E-state index >= 15 is 0 Å². The summed E-state index contributed by atoms with van der Waals surface area (Å²) in [7, 11) is 0. The fraction of sp³-hybridized carbons (Fsp3) is 0.467. The minimum absolute atomic E-state index is 0.0148. The predicted octanol–water partition coefficient (Wildman–Crippen LogP) is 0.245. The second kappa shape index (κ2) is 6.85. The smallest absolute Gasteiger partial charge is 0.352 e. The maximum Gasteiger partial charge on any atom is 0.352 e. The first kappa shape index (κ1) is 18.0. The van der Waals surface area contributed by atoms with Crippen molar-refractivity contribution in [1.82, 2.24) is 14.5 Å². The molecule has 0 spiro atoms. The highest BCUT2D eigenvalue weighted by Crippen LogP contribution is 2.40. The summed E-state index contributed by atoms with van der Waals surface area (Å²) in [5.41, 5.74) is 6.88. The van der Waals surface area contributed by atoms with E-state index in [1.165, 1.54) is 34.5 Å². The molecule has 0 aliphatic carbocycles. The quantitative estimate of drug-likeness (QED) is 0.422. The van der Waals surface area contributed by atoms with Crippen molar-refractivity contribution >= 4 is 35.4 Å². The van der Waals surface area contributed by atoms with Gasteiger partial charge in [-0.2, -0.15) is 4.98 Å². The summed E-state index contributed by atoms with van der Waals surface area (Å²) in [5, 5.41) is 9.78. The second-order valence-electron chi connectivity index (χ2n) is 5.74. The number of β-lactam (4-membered cyclic amide) rings is 1. The number of aromatic nitrogens is 2. The Morgan fingerprint density at radius 3 is 2.88 bits per heavy atom. The van der Waals surface area contributed by atoms with Crippen molar-refractivity contribution in [3.8, 4) is 0 Å². The molecule has 1 amide bonds. The third-order valence-corrected chi connectivity index (χ3v) is 6.60. The van der Waals surface area contributed by atoms with E-state index in [9.17, 15) is 19.5 Å². The van der Waals surface area contributed by atoms with Crippen molar-refractivity contribution in [2.75, 3.05) is 11.5 Å². The molecule has 0 radical (unpaired) electrons. The summed E-state index contributed by atoms with van der Waals surface area (Å²) in [6.07, 6.45) is 0. The highest BCUT2D eigenvalue weighted by molar-refractivity contribution is 8.01. The number of hydrogen-bond acceptors (Lipinski definition) is 7. The lowest BCUT2D eigenvalue weighted by Crippen LogP contribution is -2.68. The lowest BCUT2D eigenvalue weighted by Gasteiger charge is -2.48. The average molecular weight is 382 g/mol. The fourth-order valence-electron chi connectivity index (χ4n) is 2.93. The van der Waals surface area contributed by atoms with Gasteiger partial charge in [0.05, 0.1) is 0 Å². The zero-order valence-electron chi connectivity index (χ0n) is 13.8. The molecular formula is C15H18N4O4S2. The van der Waals surface area contributed by atoms with Crippen LogP contribution in [0.5, 0.6) is 0 Å². The number of nitrogens with two attached hydrogens (primary N) is 1. The summed E-state index contributed by atoms with van der Waals surface area (Å²) in [5.74, 6) is -0.669. The van der Waals surface area contributed by atoms with Gasteiger partial charge in [-0.15, -0.1) is 11.8 Å². The number of nitrogens with zero attached hydrogens (tertiary/aromatic N) is 3. The van der Waals surface area contributed by atoms with Crippen molar-refractivity contribution in [1.29, 1.82) is 0 Å². The van der Waals surface area contributed by atoms with E-state index in [2.05, 4.69) is 4.98 Å². The van der Waals surface area contributed by atoms with Gasteiger partial charge in [-0.1, -0.05) is 11.8 Å². The van der Waals surface area contributed by atoms with Gasteiger partial charge in [0.1, 0.15) is 17.1 Å². The molecule has 1 fully saturated rings. The molecule has 3 N–H and O–H groups in total. The molecule has 2 aliphatic rings. The second-order valence-corrected chi connectivity index (χ2v) is 7.79. The van der Waals surface area contributed by atoms with Crippen LogP contribution < -0.4 is 11.3 Å². The zero-order chi connectivity index (χ0) is 18.3. The van der Waals surface area contributed by atoms with Crippen LogP contribution in [0.1, 0.15) is 12.6 Å². The van der Waals surface area contributed by atoms with E-state index < -0.39 is 12.0 Å². The number of amides is 1. The van der Waals surface area contributed by atoms with Crippen LogP contribution in [0.15, 0.2) is 27.3 Å². The summed E-state index contributed by atoms with van der Waals surface area (Å²) in [6, 6.07) is 0.828. The van der Waals surface area contributed by atoms with Gasteiger partial charge in [-0.05, 0) is 19.4 Å². The van der Waals surface area contributed by atoms with Crippen LogP contribution in [0.3, 0.4) is 0 Å². The summed E-state index contributed by atoms with van der Waals surface area (Å²) >= 11 is 2.77. The van der Waals surface area contributed by atoms with Crippen LogP contribution in [0, 0.1) is 6.92 Å². The van der Waals surface area contributed by atoms with E-state index in [1.54, 1.807) is 0 Å². The van der Waals surface area contributed by atoms with Crippen molar-refractivity contribution < 1.29 is 14.7 Å². The lowest BCUT2D eigenvalue weighted by atomic mass is 10.0. The molecule has 10 heteroatoms. The molecule has 3 rings (SSSR count). The van der Waals surface area contributed by atoms with Crippen LogP contribution in [0.4, 0.5) is 0 Å². The third-order valence-electron chi connectivity index (χ3n) is 4.18. The van der Waals surface area contributed by atoms with Crippen molar-refractivity contribution in [3.05, 3.63) is 33.4 Å². The van der Waals surface area contributed by atoms with Crippen LogP contribution in [0.2, 0.25) is 0 Å². The number of fused-ring (bicyclic) bond motifs is 1. The standard InChI is InChI=1S/C15H18N4O4S2/c1-3-18-7(2)4-9(20)17-15(18)25-6-8-5-24-13-10(16)12(21)19(13)11(8)14(22)23/h4,10,13H,3,5-6,16H2,1-2H3,(H,22,23)/t10?,13-/m1/s1. The molecule has 1 aromatic heterocycles. The lowest BCUT2D eigenvalue weighted by molar-refractivity contribution is -0.147. The number of rotatable bonds is 5. The molecule has 2 aliphatic heterocycles. The molecule has 134 valence electrons. The zero-order valence-corrected chi connectivity index (χ0v) is 15.4. The largest absolute Gasteiger partial charge is 0.477 e. The molecule has 8 nitrogen and oxygen atoms in total. The minimum Gasteiger partial charge on any atom is -0.477 e. The normalized spacial score (nSPS) is 22.7. The van der Waals surface area contributed by atoms with Gasteiger partial charge in [0.25, 0.3) is 5.56 Å². The molecule has 1 unspecified atom stereocenters. The Balaban J connectivity index is 1.88. The number of carboxylic acid groups (broad SMARTS) is 1. The minimum atomic E-state index is -1.13. The summed E-state index contributed by atoms with van der Waals surface area (Å²) in [6.45, 7) is 4.44. The molecule has 1 aromatic rings. The van der Waals surface area contributed by atoms with Gasteiger partial charge in [-0.25, -0.2) is 4.79 Å². The molecule has 2 atom stereocenters. The Morgan fingerprint density at radius 1 is 1.52 bits per heavy atom. The first-order valence-corrected chi connectivity index (χ1v) is 9.75. The molecule has 0 aromatic carbocycles. The molecule has 0 bridgehead atoms. The van der Waals surface area contributed by atoms with Gasteiger partial charge in [0, 0.05) is 29.8 Å². The van der Waals surface area contributed by atoms with Gasteiger partial charge >= 0.3 is 5.97 Å². The number of hydrogen-bond donors (Lipinski definition) is 2.